The van der Waals surface area contributed by atoms with Crippen LogP contribution in [0, 0.1) is 0 Å². The van der Waals surface area contributed by atoms with Crippen LogP contribution in [-0.4, -0.2) is 37.7 Å². The van der Waals surface area contributed by atoms with Crippen molar-refractivity contribution in [1.82, 2.24) is 24.6 Å². The topological polar surface area (TPSA) is 60.0 Å². The molecule has 1 saturated heterocycles. The van der Waals surface area contributed by atoms with Crippen molar-refractivity contribution in [3.63, 3.8) is 0 Å². The molecule has 0 unspecified atom stereocenters. The molecule has 5 rings (SSSR count). The summed E-state index contributed by atoms with van der Waals surface area (Å²) in [5, 5.41) is 4.05. The minimum atomic E-state index is 0.306. The van der Waals surface area contributed by atoms with Gasteiger partial charge in [-0.05, 0) is 25.0 Å². The van der Waals surface area contributed by atoms with Gasteiger partial charge >= 0.3 is 0 Å². The van der Waals surface area contributed by atoms with E-state index >= 15 is 0 Å². The quantitative estimate of drug-likeness (QED) is 0.713. The molecule has 6 heteroatoms. The van der Waals surface area contributed by atoms with Crippen molar-refractivity contribution in [2.24, 2.45) is 0 Å². The van der Waals surface area contributed by atoms with E-state index < -0.39 is 0 Å². The fraction of sp³-hybridized carbons (Fsp3) is 0.526. The number of hydrogen-bond donors (Lipinski definition) is 0. The molecule has 130 valence electrons. The van der Waals surface area contributed by atoms with Crippen molar-refractivity contribution in [3.8, 4) is 0 Å². The smallest absolute Gasteiger partial charge is 0.240 e. The number of fused-ring (bicyclic) bond motifs is 1. The van der Waals surface area contributed by atoms with Gasteiger partial charge in [0.2, 0.25) is 5.89 Å². The molecule has 3 aromatic rings. The summed E-state index contributed by atoms with van der Waals surface area (Å²) < 4.78 is 7.86. The van der Waals surface area contributed by atoms with Crippen molar-refractivity contribution >= 4 is 11.0 Å². The predicted octanol–water partition coefficient (Wildman–Crippen LogP) is 3.48. The second kappa shape index (κ2) is 5.66. The highest BCUT2D eigenvalue weighted by Crippen LogP contribution is 2.43. The summed E-state index contributed by atoms with van der Waals surface area (Å²) in [6.07, 6.45) is 2.55. The first kappa shape index (κ1) is 15.1. The van der Waals surface area contributed by atoms with Crippen molar-refractivity contribution in [2.45, 2.75) is 51.1 Å². The van der Waals surface area contributed by atoms with Gasteiger partial charge in [0.15, 0.2) is 5.82 Å². The zero-order valence-corrected chi connectivity index (χ0v) is 14.7. The van der Waals surface area contributed by atoms with Crippen LogP contribution >= 0.6 is 0 Å². The lowest BCUT2D eigenvalue weighted by Gasteiger charge is -2.40. The maximum absolute atomic E-state index is 5.38. The van der Waals surface area contributed by atoms with Crippen LogP contribution < -0.4 is 0 Å². The lowest BCUT2D eigenvalue weighted by molar-refractivity contribution is 0.0867. The Balaban J connectivity index is 1.33. The maximum Gasteiger partial charge on any atom is 0.240 e. The van der Waals surface area contributed by atoms with Gasteiger partial charge in [-0.2, -0.15) is 4.98 Å². The fourth-order valence-electron chi connectivity index (χ4n) is 3.67. The average molecular weight is 337 g/mol. The van der Waals surface area contributed by atoms with E-state index in [1.54, 1.807) is 0 Å². The summed E-state index contributed by atoms with van der Waals surface area (Å²) in [6.45, 7) is 6.93. The van der Waals surface area contributed by atoms with Gasteiger partial charge < -0.3 is 9.09 Å². The lowest BCUT2D eigenvalue weighted by Crippen LogP contribution is -2.47. The van der Waals surface area contributed by atoms with Crippen LogP contribution in [0.3, 0.4) is 0 Å². The number of aromatic nitrogens is 4. The minimum absolute atomic E-state index is 0.306. The standard InChI is InChI=1S/C19H23N5O/c1-12(2)18-21-17(25-22-18)11-23-9-14(10-23)24-16-6-4-3-5-15(16)20-19(24)13-7-8-13/h3-6,12-14H,7-11H2,1-2H3. The predicted molar refractivity (Wildman–Crippen MR) is 94.4 cm³/mol. The molecule has 0 bridgehead atoms. The second-order valence-electron chi connectivity index (χ2n) is 7.65. The molecular weight excluding hydrogens is 314 g/mol. The Morgan fingerprint density at radius 2 is 1.96 bits per heavy atom. The first-order chi connectivity index (χ1) is 12.2. The van der Waals surface area contributed by atoms with Gasteiger partial charge in [0.1, 0.15) is 5.82 Å². The Morgan fingerprint density at radius 3 is 2.68 bits per heavy atom. The summed E-state index contributed by atoms with van der Waals surface area (Å²) in [5.41, 5.74) is 2.40. The first-order valence-corrected chi connectivity index (χ1v) is 9.20. The molecular formula is C19H23N5O. The molecule has 1 saturated carbocycles. The Bertz CT molecular complexity index is 902. The lowest BCUT2D eigenvalue weighted by atomic mass is 10.1. The third-order valence-electron chi connectivity index (χ3n) is 5.23. The summed E-state index contributed by atoms with van der Waals surface area (Å²) >= 11 is 0. The van der Waals surface area contributed by atoms with Crippen LogP contribution in [0.1, 0.15) is 62.1 Å². The Hall–Kier alpha value is -2.21. The van der Waals surface area contributed by atoms with Crippen molar-refractivity contribution in [3.05, 3.63) is 41.8 Å². The summed E-state index contributed by atoms with van der Waals surface area (Å²) in [4.78, 5) is 11.8. The van der Waals surface area contributed by atoms with Gasteiger partial charge in [-0.1, -0.05) is 31.1 Å². The molecule has 3 heterocycles. The number of nitrogens with zero attached hydrogens (tertiary/aromatic N) is 5. The number of benzene rings is 1. The molecule has 1 aliphatic carbocycles. The van der Waals surface area contributed by atoms with Crippen LogP contribution in [0.2, 0.25) is 0 Å². The number of para-hydroxylation sites is 2. The van der Waals surface area contributed by atoms with Gasteiger partial charge in [0.05, 0.1) is 23.6 Å². The molecule has 0 N–H and O–H groups in total. The number of imidazole rings is 1. The zero-order valence-electron chi connectivity index (χ0n) is 14.7. The van der Waals surface area contributed by atoms with E-state index in [0.717, 1.165) is 36.9 Å². The molecule has 0 atom stereocenters. The van der Waals surface area contributed by atoms with E-state index in [2.05, 4.69) is 57.7 Å². The minimum Gasteiger partial charge on any atom is -0.338 e. The molecule has 2 fully saturated rings. The van der Waals surface area contributed by atoms with E-state index in [0.29, 0.717) is 17.9 Å². The summed E-state index contributed by atoms with van der Waals surface area (Å²) in [5.74, 6) is 3.76. The van der Waals surface area contributed by atoms with Crippen molar-refractivity contribution in [2.75, 3.05) is 13.1 Å². The van der Waals surface area contributed by atoms with Crippen LogP contribution in [-0.2, 0) is 6.54 Å². The number of hydrogen-bond acceptors (Lipinski definition) is 5. The summed E-state index contributed by atoms with van der Waals surface area (Å²) in [7, 11) is 0. The van der Waals surface area contributed by atoms with E-state index in [1.165, 1.54) is 24.2 Å². The maximum atomic E-state index is 5.38. The molecule has 1 aliphatic heterocycles. The fourth-order valence-corrected chi connectivity index (χ4v) is 3.67. The molecule has 1 aromatic carbocycles. The summed E-state index contributed by atoms with van der Waals surface area (Å²) in [6, 6.07) is 9.00. The molecule has 25 heavy (non-hydrogen) atoms. The zero-order chi connectivity index (χ0) is 17.0. The third kappa shape index (κ3) is 2.65. The van der Waals surface area contributed by atoms with Gasteiger partial charge in [-0.3, -0.25) is 4.90 Å². The van der Waals surface area contributed by atoms with E-state index in [1.807, 2.05) is 0 Å². The molecule has 0 amide bonds. The van der Waals surface area contributed by atoms with Gasteiger partial charge in [0.25, 0.3) is 0 Å². The van der Waals surface area contributed by atoms with Gasteiger partial charge in [-0.15, -0.1) is 0 Å². The molecule has 6 nitrogen and oxygen atoms in total. The number of likely N-dealkylation sites (tertiary alicyclic amines) is 1. The van der Waals surface area contributed by atoms with Crippen molar-refractivity contribution in [1.29, 1.82) is 0 Å². The Morgan fingerprint density at radius 1 is 1.16 bits per heavy atom. The average Bonchev–Trinajstić information content (AvgIpc) is 3.18. The second-order valence-corrected chi connectivity index (χ2v) is 7.65. The Labute approximate surface area is 146 Å². The molecule has 0 radical (unpaired) electrons. The largest absolute Gasteiger partial charge is 0.338 e. The monoisotopic (exact) mass is 337 g/mol. The van der Waals surface area contributed by atoms with E-state index in [-0.39, 0.29) is 0 Å². The SMILES string of the molecule is CC(C)c1noc(CN2CC(n3c(C4CC4)nc4ccccc43)C2)n1. The van der Waals surface area contributed by atoms with Crippen LogP contribution in [0.4, 0.5) is 0 Å². The van der Waals surface area contributed by atoms with Crippen LogP contribution in [0.5, 0.6) is 0 Å². The Kier molecular flexibility index (Phi) is 3.41. The highest BCUT2D eigenvalue weighted by atomic mass is 16.5. The molecule has 0 spiro atoms. The van der Waals surface area contributed by atoms with E-state index in [9.17, 15) is 0 Å². The highest BCUT2D eigenvalue weighted by Gasteiger charge is 2.36. The normalized spacial score (nSPS) is 19.0. The van der Waals surface area contributed by atoms with E-state index in [4.69, 9.17) is 9.51 Å². The molecule has 2 aromatic heterocycles. The van der Waals surface area contributed by atoms with Crippen LogP contribution in [0.25, 0.3) is 11.0 Å². The van der Waals surface area contributed by atoms with Gasteiger partial charge in [0, 0.05) is 24.9 Å². The number of rotatable bonds is 5. The highest BCUT2D eigenvalue weighted by molar-refractivity contribution is 5.76. The molecule has 2 aliphatic rings. The van der Waals surface area contributed by atoms with Gasteiger partial charge in [-0.25, -0.2) is 4.98 Å². The third-order valence-corrected chi connectivity index (χ3v) is 5.23. The van der Waals surface area contributed by atoms with Crippen molar-refractivity contribution < 1.29 is 4.52 Å². The first-order valence-electron chi connectivity index (χ1n) is 9.20. The van der Waals surface area contributed by atoms with Crippen LogP contribution in [0.15, 0.2) is 28.8 Å².